The van der Waals surface area contributed by atoms with E-state index in [1.165, 1.54) is 6.20 Å². The van der Waals surface area contributed by atoms with Gasteiger partial charge in [-0.15, -0.1) is 0 Å². The first-order valence-corrected chi connectivity index (χ1v) is 8.63. The molecule has 0 aromatic heterocycles. The van der Waals surface area contributed by atoms with Crippen LogP contribution in [0.2, 0.25) is 0 Å². The van der Waals surface area contributed by atoms with Gasteiger partial charge in [0.15, 0.2) is 0 Å². The number of rotatable bonds is 4. The lowest BCUT2D eigenvalue weighted by Gasteiger charge is -2.12. The summed E-state index contributed by atoms with van der Waals surface area (Å²) in [6.07, 6.45) is 1.43. The summed E-state index contributed by atoms with van der Waals surface area (Å²) >= 11 is 3.44. The highest BCUT2D eigenvalue weighted by Gasteiger charge is 2.12. The summed E-state index contributed by atoms with van der Waals surface area (Å²) in [7, 11) is 0. The van der Waals surface area contributed by atoms with Crippen LogP contribution in [0, 0.1) is 39.0 Å². The molecule has 0 aliphatic carbocycles. The lowest BCUT2D eigenvalue weighted by molar-refractivity contribution is -0.112. The predicted octanol–water partition coefficient (Wildman–Crippen LogP) is 5.14. The molecule has 2 N–H and O–H groups in total. The summed E-state index contributed by atoms with van der Waals surface area (Å²) < 4.78 is 1.01. The van der Waals surface area contributed by atoms with E-state index in [9.17, 15) is 10.1 Å². The first kappa shape index (κ1) is 18.8. The van der Waals surface area contributed by atoms with Crippen LogP contribution in [0.3, 0.4) is 0 Å². The minimum atomic E-state index is -0.432. The van der Waals surface area contributed by atoms with Gasteiger partial charge >= 0.3 is 0 Å². The first-order chi connectivity index (χ1) is 11.8. The van der Waals surface area contributed by atoms with Crippen LogP contribution in [0.15, 0.2) is 46.6 Å². The number of nitriles is 1. The topological polar surface area (TPSA) is 64.9 Å². The number of nitrogens with zero attached hydrogens (tertiary/aromatic N) is 1. The van der Waals surface area contributed by atoms with Crippen LogP contribution in [0.4, 0.5) is 11.4 Å². The third-order valence-electron chi connectivity index (χ3n) is 3.82. The largest absolute Gasteiger partial charge is 0.360 e. The molecule has 0 aliphatic heterocycles. The summed E-state index contributed by atoms with van der Waals surface area (Å²) in [5, 5.41) is 15.1. The molecule has 0 unspecified atom stereocenters. The van der Waals surface area contributed by atoms with Crippen molar-refractivity contribution in [1.29, 1.82) is 5.26 Å². The van der Waals surface area contributed by atoms with E-state index in [4.69, 9.17) is 0 Å². The third-order valence-corrected chi connectivity index (χ3v) is 4.71. The number of nitrogens with one attached hydrogen (secondary N) is 2. The number of halogens is 1. The van der Waals surface area contributed by atoms with Gasteiger partial charge in [-0.05, 0) is 62.6 Å². The minimum Gasteiger partial charge on any atom is -0.360 e. The highest BCUT2D eigenvalue weighted by Crippen LogP contribution is 2.23. The molecule has 2 aromatic carbocycles. The number of amides is 1. The normalized spacial score (nSPS) is 11.0. The van der Waals surface area contributed by atoms with E-state index in [0.717, 1.165) is 38.1 Å². The Kier molecular flexibility index (Phi) is 6.00. The molecule has 5 heteroatoms. The molecule has 2 rings (SSSR count). The predicted molar refractivity (Wildman–Crippen MR) is 105 cm³/mol. The SMILES string of the molecule is Cc1cc(C)c(NC(=O)/C(C#N)=C\Nc2ccc(Br)c(C)c2)c(C)c1. The van der Waals surface area contributed by atoms with Crippen LogP contribution in [-0.2, 0) is 4.79 Å². The molecule has 0 bridgehead atoms. The molecule has 0 heterocycles. The zero-order valence-electron chi connectivity index (χ0n) is 14.7. The Hall–Kier alpha value is -2.58. The van der Waals surface area contributed by atoms with Crippen molar-refractivity contribution in [2.45, 2.75) is 27.7 Å². The van der Waals surface area contributed by atoms with Gasteiger partial charge in [0.25, 0.3) is 5.91 Å². The Balaban J connectivity index is 2.18. The number of hydrogen-bond acceptors (Lipinski definition) is 3. The highest BCUT2D eigenvalue weighted by molar-refractivity contribution is 9.10. The molecule has 0 aliphatic rings. The van der Waals surface area contributed by atoms with Crippen molar-refractivity contribution in [3.63, 3.8) is 0 Å². The van der Waals surface area contributed by atoms with Gasteiger partial charge in [0.2, 0.25) is 0 Å². The van der Waals surface area contributed by atoms with Gasteiger partial charge < -0.3 is 10.6 Å². The lowest BCUT2D eigenvalue weighted by atomic mass is 10.0. The van der Waals surface area contributed by atoms with E-state index in [1.807, 2.05) is 64.1 Å². The van der Waals surface area contributed by atoms with E-state index < -0.39 is 5.91 Å². The van der Waals surface area contributed by atoms with Gasteiger partial charge in [-0.1, -0.05) is 33.6 Å². The molecule has 0 radical (unpaired) electrons. The molecule has 0 saturated heterocycles. The second kappa shape index (κ2) is 8.00. The van der Waals surface area contributed by atoms with Crippen molar-refractivity contribution in [2.75, 3.05) is 10.6 Å². The fourth-order valence-electron chi connectivity index (χ4n) is 2.60. The van der Waals surface area contributed by atoms with Crippen molar-refractivity contribution in [3.05, 3.63) is 68.8 Å². The van der Waals surface area contributed by atoms with Crippen LogP contribution in [0.1, 0.15) is 22.3 Å². The minimum absolute atomic E-state index is 0.0138. The average molecular weight is 398 g/mol. The highest BCUT2D eigenvalue weighted by atomic mass is 79.9. The maximum atomic E-state index is 12.4. The van der Waals surface area contributed by atoms with Gasteiger partial charge in [-0.2, -0.15) is 5.26 Å². The number of aryl methyl sites for hydroxylation is 4. The average Bonchev–Trinajstić information content (AvgIpc) is 2.54. The van der Waals surface area contributed by atoms with Crippen LogP contribution in [-0.4, -0.2) is 5.91 Å². The van der Waals surface area contributed by atoms with Crippen molar-refractivity contribution in [2.24, 2.45) is 0 Å². The zero-order valence-corrected chi connectivity index (χ0v) is 16.3. The molecule has 0 spiro atoms. The number of benzene rings is 2. The summed E-state index contributed by atoms with van der Waals surface area (Å²) in [4.78, 5) is 12.4. The molecule has 1 amide bonds. The fourth-order valence-corrected chi connectivity index (χ4v) is 2.84. The summed E-state index contributed by atoms with van der Waals surface area (Å²) in [6.45, 7) is 7.86. The van der Waals surface area contributed by atoms with Crippen molar-refractivity contribution in [3.8, 4) is 6.07 Å². The number of anilines is 2. The van der Waals surface area contributed by atoms with E-state index in [1.54, 1.807) is 0 Å². The quantitative estimate of drug-likeness (QED) is 0.554. The Morgan fingerprint density at radius 3 is 2.28 bits per heavy atom. The second-order valence-electron chi connectivity index (χ2n) is 6.01. The fraction of sp³-hybridized carbons (Fsp3) is 0.200. The van der Waals surface area contributed by atoms with E-state index in [2.05, 4.69) is 26.6 Å². The molecular formula is C20H20BrN3O. The summed E-state index contributed by atoms with van der Waals surface area (Å²) in [5.41, 5.74) is 5.71. The molecule has 2 aromatic rings. The monoisotopic (exact) mass is 397 g/mol. The van der Waals surface area contributed by atoms with Crippen LogP contribution in [0.5, 0.6) is 0 Å². The van der Waals surface area contributed by atoms with Crippen LogP contribution < -0.4 is 10.6 Å². The van der Waals surface area contributed by atoms with Crippen molar-refractivity contribution in [1.82, 2.24) is 0 Å². The lowest BCUT2D eigenvalue weighted by Crippen LogP contribution is -2.16. The molecule has 0 atom stereocenters. The number of hydrogen-bond donors (Lipinski definition) is 2. The van der Waals surface area contributed by atoms with Crippen LogP contribution in [0.25, 0.3) is 0 Å². The third kappa shape index (κ3) is 4.71. The zero-order chi connectivity index (χ0) is 18.6. The number of carbonyl (C=O) groups excluding carboxylic acids is 1. The summed E-state index contributed by atoms with van der Waals surface area (Å²) in [5.74, 6) is -0.432. The van der Waals surface area contributed by atoms with Crippen LogP contribution >= 0.6 is 15.9 Å². The van der Waals surface area contributed by atoms with Crippen molar-refractivity contribution >= 4 is 33.2 Å². The van der Waals surface area contributed by atoms with E-state index in [0.29, 0.717) is 0 Å². The maximum absolute atomic E-state index is 12.4. The van der Waals surface area contributed by atoms with Gasteiger partial charge in [0.1, 0.15) is 11.6 Å². The molecule has 128 valence electrons. The molecule has 0 saturated carbocycles. The standard InChI is InChI=1S/C20H20BrN3O/c1-12-7-14(3)19(15(4)8-12)24-20(25)16(10-22)11-23-17-5-6-18(21)13(2)9-17/h5-9,11,23H,1-4H3,(H,24,25)/b16-11-. The summed E-state index contributed by atoms with van der Waals surface area (Å²) in [6, 6.07) is 11.7. The van der Waals surface area contributed by atoms with Gasteiger partial charge in [-0.25, -0.2) is 0 Å². The van der Waals surface area contributed by atoms with E-state index in [-0.39, 0.29) is 5.57 Å². The molecule has 0 fully saturated rings. The Bertz CT molecular complexity index is 871. The Labute approximate surface area is 156 Å². The van der Waals surface area contributed by atoms with E-state index >= 15 is 0 Å². The van der Waals surface area contributed by atoms with Gasteiger partial charge in [-0.3, -0.25) is 4.79 Å². The number of carbonyl (C=O) groups is 1. The van der Waals surface area contributed by atoms with Gasteiger partial charge in [0, 0.05) is 22.0 Å². The Morgan fingerprint density at radius 2 is 1.72 bits per heavy atom. The smallest absolute Gasteiger partial charge is 0.267 e. The molecule has 25 heavy (non-hydrogen) atoms. The maximum Gasteiger partial charge on any atom is 0.267 e. The molecule has 4 nitrogen and oxygen atoms in total. The first-order valence-electron chi connectivity index (χ1n) is 7.84. The van der Waals surface area contributed by atoms with Gasteiger partial charge in [0.05, 0.1) is 0 Å². The van der Waals surface area contributed by atoms with Crippen molar-refractivity contribution < 1.29 is 4.79 Å². The molecular weight excluding hydrogens is 378 g/mol. The second-order valence-corrected chi connectivity index (χ2v) is 6.86. The Morgan fingerprint density at radius 1 is 1.08 bits per heavy atom.